The summed E-state index contributed by atoms with van der Waals surface area (Å²) in [5.41, 5.74) is 2.21. The smallest absolute Gasteiger partial charge is 0.0543 e. The molecule has 1 heterocycles. The first-order valence-corrected chi connectivity index (χ1v) is 4.87. The summed E-state index contributed by atoms with van der Waals surface area (Å²) in [6.07, 6.45) is 3.62. The molecule has 0 saturated carbocycles. The van der Waals surface area contributed by atoms with Gasteiger partial charge in [0, 0.05) is 16.9 Å². The Hall–Kier alpha value is -0.670. The minimum absolute atomic E-state index is 0.185. The highest BCUT2D eigenvalue weighted by atomic mass is 79.9. The summed E-state index contributed by atoms with van der Waals surface area (Å²) >= 11 is 3.39. The standard InChI is InChI=1S/C10H13BrN2/c1-7(2)10(12-3)8-4-9(11)6-13-5-8/h4-6,10,12H,1H2,2-3H3. The van der Waals surface area contributed by atoms with Gasteiger partial charge in [-0.3, -0.25) is 4.98 Å². The Morgan fingerprint density at radius 3 is 2.77 bits per heavy atom. The van der Waals surface area contributed by atoms with E-state index < -0.39 is 0 Å². The minimum atomic E-state index is 0.185. The number of likely N-dealkylation sites (N-methyl/N-ethyl adjacent to an activating group) is 1. The van der Waals surface area contributed by atoms with E-state index in [-0.39, 0.29) is 6.04 Å². The van der Waals surface area contributed by atoms with Crippen molar-refractivity contribution in [3.8, 4) is 0 Å². The first kappa shape index (κ1) is 10.4. The quantitative estimate of drug-likeness (QED) is 0.823. The molecule has 0 fully saturated rings. The third-order valence-electron chi connectivity index (χ3n) is 1.84. The molecular formula is C10H13BrN2. The average Bonchev–Trinajstić information content (AvgIpc) is 2.04. The molecule has 1 aromatic heterocycles. The Bertz CT molecular complexity index is 310. The van der Waals surface area contributed by atoms with E-state index in [4.69, 9.17) is 0 Å². The maximum absolute atomic E-state index is 4.11. The van der Waals surface area contributed by atoms with Gasteiger partial charge in [0.05, 0.1) is 6.04 Å². The predicted octanol–water partition coefficient (Wildman–Crippen LogP) is 2.68. The van der Waals surface area contributed by atoms with Crippen molar-refractivity contribution in [2.45, 2.75) is 13.0 Å². The molecule has 0 radical (unpaired) electrons. The SMILES string of the molecule is C=C(C)C(NC)c1cncc(Br)c1. The van der Waals surface area contributed by atoms with Crippen molar-refractivity contribution in [1.82, 2.24) is 10.3 Å². The van der Waals surface area contributed by atoms with Gasteiger partial charge >= 0.3 is 0 Å². The Morgan fingerprint density at radius 1 is 1.62 bits per heavy atom. The van der Waals surface area contributed by atoms with E-state index in [1.54, 1.807) is 6.20 Å². The molecule has 0 saturated heterocycles. The van der Waals surface area contributed by atoms with Crippen LogP contribution in [0.5, 0.6) is 0 Å². The largest absolute Gasteiger partial charge is 0.310 e. The van der Waals surface area contributed by atoms with Gasteiger partial charge in [-0.2, -0.15) is 0 Å². The van der Waals surface area contributed by atoms with E-state index in [9.17, 15) is 0 Å². The lowest BCUT2D eigenvalue weighted by Gasteiger charge is -2.16. The summed E-state index contributed by atoms with van der Waals surface area (Å²) in [6, 6.07) is 2.23. The second kappa shape index (κ2) is 4.53. The fourth-order valence-electron chi connectivity index (χ4n) is 1.28. The van der Waals surface area contributed by atoms with Crippen molar-refractivity contribution in [2.75, 3.05) is 7.05 Å². The second-order valence-electron chi connectivity index (χ2n) is 3.00. The molecule has 0 aromatic carbocycles. The van der Waals surface area contributed by atoms with Crippen LogP contribution >= 0.6 is 15.9 Å². The first-order chi connectivity index (χ1) is 6.15. The molecule has 1 N–H and O–H groups in total. The van der Waals surface area contributed by atoms with Crippen LogP contribution in [0, 0.1) is 0 Å². The molecule has 0 bridgehead atoms. The van der Waals surface area contributed by atoms with Crippen molar-refractivity contribution in [2.24, 2.45) is 0 Å². The van der Waals surface area contributed by atoms with Crippen LogP contribution < -0.4 is 5.32 Å². The molecule has 2 nitrogen and oxygen atoms in total. The number of nitrogens with one attached hydrogen (secondary N) is 1. The number of halogens is 1. The molecule has 13 heavy (non-hydrogen) atoms. The highest BCUT2D eigenvalue weighted by molar-refractivity contribution is 9.10. The van der Waals surface area contributed by atoms with Gasteiger partial charge in [-0.05, 0) is 41.5 Å². The normalized spacial score (nSPS) is 12.5. The van der Waals surface area contributed by atoms with Crippen LogP contribution in [-0.2, 0) is 0 Å². The van der Waals surface area contributed by atoms with Crippen molar-refractivity contribution in [1.29, 1.82) is 0 Å². The molecule has 1 unspecified atom stereocenters. The summed E-state index contributed by atoms with van der Waals surface area (Å²) in [6.45, 7) is 5.93. The van der Waals surface area contributed by atoms with Gasteiger partial charge in [0.25, 0.3) is 0 Å². The van der Waals surface area contributed by atoms with E-state index in [0.717, 1.165) is 15.6 Å². The van der Waals surface area contributed by atoms with Crippen LogP contribution in [-0.4, -0.2) is 12.0 Å². The Morgan fingerprint density at radius 2 is 2.31 bits per heavy atom. The van der Waals surface area contributed by atoms with Gasteiger partial charge in [-0.15, -0.1) is 0 Å². The van der Waals surface area contributed by atoms with E-state index in [2.05, 4.69) is 32.8 Å². The summed E-state index contributed by atoms with van der Waals surface area (Å²) in [5.74, 6) is 0. The molecule has 0 aliphatic heterocycles. The molecule has 0 spiro atoms. The number of hydrogen-bond donors (Lipinski definition) is 1. The Kier molecular flexibility index (Phi) is 3.63. The van der Waals surface area contributed by atoms with E-state index in [0.29, 0.717) is 0 Å². The lowest BCUT2D eigenvalue weighted by Crippen LogP contribution is -2.17. The highest BCUT2D eigenvalue weighted by Gasteiger charge is 2.09. The van der Waals surface area contributed by atoms with Crippen LogP contribution in [0.3, 0.4) is 0 Å². The zero-order valence-electron chi connectivity index (χ0n) is 7.84. The van der Waals surface area contributed by atoms with Crippen molar-refractivity contribution < 1.29 is 0 Å². The van der Waals surface area contributed by atoms with Gasteiger partial charge in [0.15, 0.2) is 0 Å². The maximum atomic E-state index is 4.11. The average molecular weight is 241 g/mol. The fraction of sp³-hybridized carbons (Fsp3) is 0.300. The number of nitrogens with zero attached hydrogens (tertiary/aromatic N) is 1. The first-order valence-electron chi connectivity index (χ1n) is 4.08. The molecule has 1 rings (SSSR count). The summed E-state index contributed by atoms with van der Waals surface area (Å²) in [7, 11) is 1.92. The molecule has 3 heteroatoms. The molecule has 0 aliphatic carbocycles. The number of pyridine rings is 1. The van der Waals surface area contributed by atoms with Crippen molar-refractivity contribution >= 4 is 15.9 Å². The van der Waals surface area contributed by atoms with Gasteiger partial charge in [0.1, 0.15) is 0 Å². The van der Waals surface area contributed by atoms with Crippen LogP contribution in [0.4, 0.5) is 0 Å². The zero-order valence-corrected chi connectivity index (χ0v) is 9.43. The molecule has 1 aromatic rings. The lowest BCUT2D eigenvalue weighted by atomic mass is 10.0. The topological polar surface area (TPSA) is 24.9 Å². The highest BCUT2D eigenvalue weighted by Crippen LogP contribution is 2.21. The Labute approximate surface area is 87.2 Å². The van der Waals surface area contributed by atoms with Crippen molar-refractivity contribution in [3.63, 3.8) is 0 Å². The predicted molar refractivity (Wildman–Crippen MR) is 58.6 cm³/mol. The molecule has 0 amide bonds. The van der Waals surface area contributed by atoms with Gasteiger partial charge in [-0.25, -0.2) is 0 Å². The van der Waals surface area contributed by atoms with E-state index >= 15 is 0 Å². The molecule has 1 atom stereocenters. The summed E-state index contributed by atoms with van der Waals surface area (Å²) < 4.78 is 0.992. The van der Waals surface area contributed by atoms with Crippen LogP contribution in [0.2, 0.25) is 0 Å². The van der Waals surface area contributed by atoms with Gasteiger partial charge in [0.2, 0.25) is 0 Å². The summed E-state index contributed by atoms with van der Waals surface area (Å²) in [5, 5.41) is 3.18. The Balaban J connectivity index is 2.98. The number of rotatable bonds is 3. The van der Waals surface area contributed by atoms with E-state index in [1.165, 1.54) is 0 Å². The van der Waals surface area contributed by atoms with Gasteiger partial charge in [-0.1, -0.05) is 12.2 Å². The van der Waals surface area contributed by atoms with Crippen LogP contribution in [0.15, 0.2) is 35.1 Å². The van der Waals surface area contributed by atoms with Crippen LogP contribution in [0.25, 0.3) is 0 Å². The van der Waals surface area contributed by atoms with Crippen molar-refractivity contribution in [3.05, 3.63) is 40.6 Å². The number of hydrogen-bond acceptors (Lipinski definition) is 2. The number of aromatic nitrogens is 1. The summed E-state index contributed by atoms with van der Waals surface area (Å²) in [4.78, 5) is 4.11. The minimum Gasteiger partial charge on any atom is -0.310 e. The molecule has 70 valence electrons. The molecular weight excluding hydrogens is 228 g/mol. The molecule has 0 aliphatic rings. The lowest BCUT2D eigenvalue weighted by molar-refractivity contribution is 0.676. The maximum Gasteiger partial charge on any atom is 0.0543 e. The third kappa shape index (κ3) is 2.64. The van der Waals surface area contributed by atoms with Gasteiger partial charge < -0.3 is 5.32 Å². The fourth-order valence-corrected chi connectivity index (χ4v) is 1.67. The van der Waals surface area contributed by atoms with E-state index in [1.807, 2.05) is 26.2 Å². The zero-order chi connectivity index (χ0) is 9.84. The monoisotopic (exact) mass is 240 g/mol. The van der Waals surface area contributed by atoms with Crippen LogP contribution in [0.1, 0.15) is 18.5 Å². The third-order valence-corrected chi connectivity index (χ3v) is 2.27. The second-order valence-corrected chi connectivity index (χ2v) is 3.92.